The second-order valence-corrected chi connectivity index (χ2v) is 4.80. The number of rotatable bonds is 0. The van der Waals surface area contributed by atoms with E-state index >= 15 is 0 Å². The molecule has 0 saturated carbocycles. The lowest BCUT2D eigenvalue weighted by Crippen LogP contribution is -3.00. The third kappa shape index (κ3) is 1.40. The summed E-state index contributed by atoms with van der Waals surface area (Å²) in [5.74, 6) is 0.347. The molecule has 96 valence electrons. The van der Waals surface area contributed by atoms with E-state index in [0.717, 1.165) is 11.3 Å². The maximum atomic E-state index is 5.85. The fraction of sp³-hybridized carbons (Fsp3) is 0.333. The molecule has 3 rings (SSSR count). The third-order valence-electron chi connectivity index (χ3n) is 3.58. The molecule has 0 amide bonds. The minimum atomic E-state index is -0.155. The van der Waals surface area contributed by atoms with Gasteiger partial charge in [-0.15, -0.1) is 5.01 Å². The number of nitrogens with zero attached hydrogens (tertiary/aromatic N) is 3. The van der Waals surface area contributed by atoms with Crippen molar-refractivity contribution >= 4 is 5.88 Å². The normalized spacial score (nSPS) is 15.6. The van der Waals surface area contributed by atoms with Gasteiger partial charge in [0.25, 0.3) is 0 Å². The Hall–Kier alpha value is -1.75. The van der Waals surface area contributed by atoms with Crippen LogP contribution in [-0.4, -0.2) is 12.3 Å². The van der Waals surface area contributed by atoms with Crippen LogP contribution in [0.15, 0.2) is 28.8 Å². The van der Waals surface area contributed by atoms with Gasteiger partial charge in [-0.05, 0) is 25.5 Å². The molecular weight excluding hydrogens is 252 g/mol. The number of halogens is 1. The maximum absolute atomic E-state index is 5.85. The van der Waals surface area contributed by atoms with E-state index in [1.54, 1.807) is 4.79 Å². The van der Waals surface area contributed by atoms with Gasteiger partial charge in [-0.1, -0.05) is 18.2 Å². The number of hydrogen-bond acceptors (Lipinski definition) is 4. The lowest BCUT2D eigenvalue weighted by atomic mass is 9.87. The van der Waals surface area contributed by atoms with Crippen LogP contribution in [0.1, 0.15) is 19.4 Å². The summed E-state index contributed by atoms with van der Waals surface area (Å²) in [7, 11) is 1.97. The quantitative estimate of drug-likeness (QED) is 0.562. The van der Waals surface area contributed by atoms with Crippen LogP contribution in [0.25, 0.3) is 11.3 Å². The zero-order chi connectivity index (χ0) is 12.2. The van der Waals surface area contributed by atoms with Gasteiger partial charge in [0.2, 0.25) is 5.27 Å². The fourth-order valence-corrected chi connectivity index (χ4v) is 2.34. The van der Waals surface area contributed by atoms with E-state index in [2.05, 4.69) is 25.2 Å². The van der Waals surface area contributed by atoms with Gasteiger partial charge in [0, 0.05) is 0 Å². The molecule has 0 saturated heterocycles. The monoisotopic (exact) mass is 266 g/mol. The van der Waals surface area contributed by atoms with Crippen LogP contribution in [0.4, 0.5) is 5.88 Å². The van der Waals surface area contributed by atoms with E-state index in [-0.39, 0.29) is 17.9 Å². The van der Waals surface area contributed by atoms with Crippen LogP contribution in [0.5, 0.6) is 0 Å². The Morgan fingerprint density at radius 1 is 1.33 bits per heavy atom. The average molecular weight is 267 g/mol. The molecular formula is C12H15ClN4O. The number of benzene rings is 1. The summed E-state index contributed by atoms with van der Waals surface area (Å²) in [5.41, 5.74) is 8.81. The standard InChI is InChI=1S/C12H15N4O.ClH/c1-12(2)9-7-5-4-6-8(9)10-11(13)17-14-16(10)15(12)3;/h4-7H,13H2,1-3H3;1H/q+1;/p-1. The van der Waals surface area contributed by atoms with Crippen LogP contribution in [0.3, 0.4) is 0 Å². The van der Waals surface area contributed by atoms with E-state index in [9.17, 15) is 0 Å². The predicted octanol–water partition coefficient (Wildman–Crippen LogP) is -1.97. The molecule has 0 spiro atoms. The number of anilines is 1. The molecule has 0 aliphatic carbocycles. The van der Waals surface area contributed by atoms with E-state index in [1.807, 2.05) is 30.3 Å². The molecule has 2 aromatic rings. The first-order chi connectivity index (χ1) is 8.03. The SMILES string of the molecule is CN1[n+]2noc(N)c2-c2ccccc2C1(C)C.[Cl-]. The molecule has 1 aliphatic rings. The van der Waals surface area contributed by atoms with Crippen LogP contribution in [0.2, 0.25) is 0 Å². The van der Waals surface area contributed by atoms with Crippen molar-refractivity contribution in [1.82, 2.24) is 5.27 Å². The highest BCUT2D eigenvalue weighted by Crippen LogP contribution is 2.37. The Labute approximate surface area is 112 Å². The summed E-state index contributed by atoms with van der Waals surface area (Å²) in [6.07, 6.45) is 0. The van der Waals surface area contributed by atoms with Gasteiger partial charge >= 0.3 is 11.6 Å². The number of nitrogens with two attached hydrogens (primary N) is 1. The van der Waals surface area contributed by atoms with Crippen molar-refractivity contribution in [2.45, 2.75) is 19.4 Å². The molecule has 1 aromatic carbocycles. The summed E-state index contributed by atoms with van der Waals surface area (Å²) in [5, 5.41) is 5.99. The van der Waals surface area contributed by atoms with Gasteiger partial charge in [0.1, 0.15) is 5.54 Å². The smallest absolute Gasteiger partial charge is 0.338 e. The van der Waals surface area contributed by atoms with Crippen molar-refractivity contribution in [3.63, 3.8) is 0 Å². The molecule has 1 aromatic heterocycles. The van der Waals surface area contributed by atoms with Crippen LogP contribution >= 0.6 is 0 Å². The van der Waals surface area contributed by atoms with E-state index in [1.165, 1.54) is 5.56 Å². The Morgan fingerprint density at radius 2 is 2.00 bits per heavy atom. The topological polar surface area (TPSA) is 59.2 Å². The lowest BCUT2D eigenvalue weighted by molar-refractivity contribution is -0.756. The first kappa shape index (κ1) is 12.7. The molecule has 0 radical (unpaired) electrons. The van der Waals surface area contributed by atoms with Crippen molar-refractivity contribution in [2.24, 2.45) is 0 Å². The summed E-state index contributed by atoms with van der Waals surface area (Å²) >= 11 is 0. The number of hydrogen-bond donors (Lipinski definition) is 1. The van der Waals surface area contributed by atoms with Crippen LogP contribution < -0.4 is 27.9 Å². The number of aromatic nitrogens is 2. The Balaban J connectivity index is 0.00000120. The molecule has 5 nitrogen and oxygen atoms in total. The summed E-state index contributed by atoms with van der Waals surface area (Å²) < 4.78 is 5.09. The van der Waals surface area contributed by atoms with Crippen molar-refractivity contribution in [2.75, 3.05) is 17.8 Å². The fourth-order valence-electron chi connectivity index (χ4n) is 2.34. The first-order valence-electron chi connectivity index (χ1n) is 5.55. The first-order valence-corrected chi connectivity index (χ1v) is 5.55. The van der Waals surface area contributed by atoms with Gasteiger partial charge in [-0.2, -0.15) is 0 Å². The molecule has 2 N–H and O–H groups in total. The highest BCUT2D eigenvalue weighted by atomic mass is 35.5. The average Bonchev–Trinajstić information content (AvgIpc) is 2.69. The molecule has 2 heterocycles. The van der Waals surface area contributed by atoms with Gasteiger partial charge < -0.3 is 18.1 Å². The molecule has 1 aliphatic heterocycles. The van der Waals surface area contributed by atoms with Gasteiger partial charge in [-0.25, -0.2) is 0 Å². The largest absolute Gasteiger partial charge is 1.00 e. The highest BCUT2D eigenvalue weighted by molar-refractivity contribution is 5.71. The van der Waals surface area contributed by atoms with Crippen molar-refractivity contribution < 1.29 is 21.7 Å². The van der Waals surface area contributed by atoms with Crippen molar-refractivity contribution in [3.05, 3.63) is 29.8 Å². The molecule has 0 unspecified atom stereocenters. The number of nitrogen functional groups attached to an aromatic ring is 1. The zero-order valence-corrected chi connectivity index (χ0v) is 11.3. The van der Waals surface area contributed by atoms with E-state index in [4.69, 9.17) is 10.3 Å². The molecule has 0 bridgehead atoms. The highest BCUT2D eigenvalue weighted by Gasteiger charge is 2.45. The summed E-state index contributed by atoms with van der Waals surface area (Å²) in [6, 6.07) is 8.19. The molecule has 0 atom stereocenters. The zero-order valence-electron chi connectivity index (χ0n) is 10.5. The second kappa shape index (κ2) is 3.88. The molecule has 6 heteroatoms. The maximum Gasteiger partial charge on any atom is 0.338 e. The molecule has 0 fully saturated rings. The minimum Gasteiger partial charge on any atom is -1.00 e. The Kier molecular flexibility index (Phi) is 2.74. The third-order valence-corrected chi connectivity index (χ3v) is 3.58. The van der Waals surface area contributed by atoms with Crippen molar-refractivity contribution in [3.8, 4) is 11.3 Å². The summed E-state index contributed by atoms with van der Waals surface area (Å²) in [4.78, 5) is 1.72. The number of fused-ring (bicyclic) bond motifs is 3. The predicted molar refractivity (Wildman–Crippen MR) is 63.7 cm³/mol. The second-order valence-electron chi connectivity index (χ2n) is 4.80. The van der Waals surface area contributed by atoms with Crippen LogP contribution in [0, 0.1) is 0 Å². The van der Waals surface area contributed by atoms with E-state index < -0.39 is 0 Å². The van der Waals surface area contributed by atoms with Gasteiger partial charge in [-0.3, -0.25) is 4.52 Å². The minimum absolute atomic E-state index is 0. The molecule has 18 heavy (non-hydrogen) atoms. The van der Waals surface area contributed by atoms with E-state index in [0.29, 0.717) is 5.88 Å². The lowest BCUT2D eigenvalue weighted by Gasteiger charge is -2.33. The summed E-state index contributed by atoms with van der Waals surface area (Å²) in [6.45, 7) is 4.29. The Morgan fingerprint density at radius 3 is 2.72 bits per heavy atom. The van der Waals surface area contributed by atoms with Crippen LogP contribution in [-0.2, 0) is 5.54 Å². The van der Waals surface area contributed by atoms with Gasteiger partial charge in [0.05, 0.1) is 17.4 Å². The van der Waals surface area contributed by atoms with Crippen molar-refractivity contribution in [1.29, 1.82) is 0 Å². The van der Waals surface area contributed by atoms with Gasteiger partial charge in [0.15, 0.2) is 0 Å². The Bertz CT molecular complexity index is 594.